The van der Waals surface area contributed by atoms with Crippen molar-refractivity contribution >= 4 is 93.2 Å². The number of aromatic nitrogens is 2. The first-order valence-electron chi connectivity index (χ1n) is 18.1. The second kappa shape index (κ2) is 12.7. The van der Waals surface area contributed by atoms with Gasteiger partial charge in [0.05, 0.1) is 24.3 Å². The average molecular weight is 753 g/mol. The van der Waals surface area contributed by atoms with Gasteiger partial charge in [0, 0.05) is 24.5 Å². The Morgan fingerprint density at radius 1 is 0.404 bits per heavy atom. The molecule has 57 heavy (non-hydrogen) atoms. The van der Waals surface area contributed by atoms with E-state index in [1.54, 1.807) is 12.4 Å². The van der Waals surface area contributed by atoms with Crippen LogP contribution in [0.3, 0.4) is 0 Å². The molecule has 2 aromatic heterocycles. The summed E-state index contributed by atoms with van der Waals surface area (Å²) in [5, 5.41) is 0. The standard InChI is InChI=1S/C42H36N14O/c1-45-13-17-51(25-45)33-21-37(53-19-15-47(3)27-53)39(23-35(33)55-29-49(5)41-31(55)9-7-11-43-41)57-40-24-36(56-30-50(6)42-32(56)10-8-12-44-42)34(52-18-14-46(2)26-52)22-38(40)54-20-16-48(4)28-54/h7-24H,1-6H3/q+12. The van der Waals surface area contributed by atoms with Crippen molar-refractivity contribution in [3.05, 3.63) is 111 Å². The Kier molecular flexibility index (Phi) is 7.42. The number of hydrogen-bond donors (Lipinski definition) is 0. The van der Waals surface area contributed by atoms with E-state index in [0.29, 0.717) is 11.5 Å². The largest absolute Gasteiger partial charge is 0.497 e. The monoisotopic (exact) mass is 752 g/mol. The molecule has 0 amide bonds. The summed E-state index contributed by atoms with van der Waals surface area (Å²) in [5.74, 6) is 2.69. The number of pyridine rings is 2. The molecule has 0 unspecified atom stereocenters. The van der Waals surface area contributed by atoms with Crippen molar-refractivity contribution in [2.45, 2.75) is 0 Å². The Labute approximate surface area is 326 Å². The summed E-state index contributed by atoms with van der Waals surface area (Å²) in [7, 11) is 11.7. The van der Waals surface area contributed by atoms with Crippen molar-refractivity contribution in [1.29, 1.82) is 0 Å². The summed E-state index contributed by atoms with van der Waals surface area (Å²) in [6.07, 6.45) is 19.2. The van der Waals surface area contributed by atoms with Gasteiger partial charge in [-0.15, -0.1) is 0 Å². The van der Waals surface area contributed by atoms with E-state index in [1.165, 1.54) is 0 Å². The highest BCUT2D eigenvalue weighted by Crippen LogP contribution is 2.48. The molecule has 0 radical (unpaired) electrons. The topological polar surface area (TPSA) is 71.1 Å². The van der Waals surface area contributed by atoms with E-state index < -0.39 is 0 Å². The molecule has 0 atom stereocenters. The van der Waals surface area contributed by atoms with Gasteiger partial charge in [0.25, 0.3) is 36.2 Å². The molecule has 15 heteroatoms. The van der Waals surface area contributed by atoms with Crippen LogP contribution >= 0.6 is 0 Å². The Hall–Kier alpha value is -8.22. The Morgan fingerprint density at radius 3 is 1.12 bits per heavy atom. The molecule has 0 aliphatic carbocycles. The van der Waals surface area contributed by atoms with Crippen LogP contribution in [0.25, 0.3) is 0 Å². The van der Waals surface area contributed by atoms with Gasteiger partial charge in [-0.3, -0.25) is 0 Å². The van der Waals surface area contributed by atoms with E-state index in [2.05, 4.69) is 58.2 Å². The molecule has 4 aromatic rings. The van der Waals surface area contributed by atoms with Gasteiger partial charge in [-0.1, -0.05) is 36.6 Å². The highest BCUT2D eigenvalue weighted by Gasteiger charge is 2.45. The van der Waals surface area contributed by atoms with Gasteiger partial charge in [0.15, 0.2) is 42.3 Å². The van der Waals surface area contributed by atoms with E-state index in [1.807, 2.05) is 183 Å². The van der Waals surface area contributed by atoms with Gasteiger partial charge in [-0.2, -0.15) is 9.97 Å². The third-order valence-electron chi connectivity index (χ3n) is 9.82. The normalized spacial score (nSPS) is 16.6. The lowest BCUT2D eigenvalue weighted by Crippen LogP contribution is -2.08. The number of ether oxygens (including phenoxy) is 1. The van der Waals surface area contributed by atoms with Gasteiger partial charge < -0.3 is 4.74 Å². The molecule has 0 fully saturated rings. The number of rotatable bonds is 8. The van der Waals surface area contributed by atoms with E-state index >= 15 is 0 Å². The van der Waals surface area contributed by atoms with E-state index in [-0.39, 0.29) is 0 Å². The van der Waals surface area contributed by atoms with Crippen molar-refractivity contribution in [2.24, 2.45) is 0 Å². The lowest BCUT2D eigenvalue weighted by molar-refractivity contribution is -0.431. The minimum absolute atomic E-state index is 0.559. The van der Waals surface area contributed by atoms with Gasteiger partial charge in [0.1, 0.15) is 0 Å². The first-order chi connectivity index (χ1) is 27.7. The molecule has 8 heterocycles. The maximum absolute atomic E-state index is 7.27. The molecule has 6 aliphatic heterocycles. The van der Waals surface area contributed by atoms with Crippen molar-refractivity contribution in [2.75, 3.05) is 42.3 Å². The maximum atomic E-state index is 7.27. The Balaban J connectivity index is 1.26. The zero-order chi connectivity index (χ0) is 38.9. The molecule has 0 saturated heterocycles. The predicted molar refractivity (Wildman–Crippen MR) is 207 cm³/mol. The van der Waals surface area contributed by atoms with Gasteiger partial charge in [-0.05, 0) is 30.4 Å². The third kappa shape index (κ3) is 5.60. The minimum Gasteiger partial charge on any atom is -0.443 e. The molecule has 0 saturated carbocycles. The van der Waals surface area contributed by atoms with Crippen LogP contribution in [0.4, 0.5) is 57.1 Å². The Morgan fingerprint density at radius 2 is 0.772 bits per heavy atom. The maximum Gasteiger partial charge on any atom is 0.497 e. The average Bonchev–Trinajstić information content (AvgIpc) is 4.09. The lowest BCUT2D eigenvalue weighted by atomic mass is 10.1. The van der Waals surface area contributed by atoms with Gasteiger partial charge >= 0.3 is 81.8 Å². The summed E-state index contributed by atoms with van der Waals surface area (Å²) in [6.45, 7) is 0. The molecule has 2 aromatic carbocycles. The minimum atomic E-state index is 0.559. The first-order valence-corrected chi connectivity index (χ1v) is 18.1. The summed E-state index contributed by atoms with van der Waals surface area (Å²) in [5.41, 5.74) is 6.53. The van der Waals surface area contributed by atoms with Crippen LogP contribution in [-0.2, 0) is 0 Å². The third-order valence-corrected chi connectivity index (χ3v) is 9.82. The Bertz CT molecular complexity index is 3000. The summed E-state index contributed by atoms with van der Waals surface area (Å²) < 4.78 is 30.4. The van der Waals surface area contributed by atoms with Crippen molar-refractivity contribution in [1.82, 2.24) is 19.1 Å². The van der Waals surface area contributed by atoms with Crippen molar-refractivity contribution in [3.8, 4) is 11.5 Å². The zero-order valence-electron chi connectivity index (χ0n) is 32.1. The van der Waals surface area contributed by atoms with Crippen LogP contribution in [0.2, 0.25) is 0 Å². The number of benzene rings is 2. The molecule has 0 N–H and O–H groups in total. The summed E-state index contributed by atoms with van der Waals surface area (Å²) in [4.78, 5) is 9.32. The SMILES string of the molecule is C[N+]1=C=[N+](c2cc([N+]3=C=[N+](C)C=C3)c([N+]3=C=[N+](C)c4ncccc43)cc2Oc2cc([N+]3=C=[N+](C)c4ncccc43)c([N+]3=C=[N+](C)C=C3)cc2[N+]2=C=[N+](C)C=C2)C=C1. The van der Waals surface area contributed by atoms with Crippen LogP contribution in [0, 0.1) is 0 Å². The highest BCUT2D eigenvalue weighted by molar-refractivity contribution is 5.82. The fourth-order valence-electron chi connectivity index (χ4n) is 7.16. The van der Waals surface area contributed by atoms with Crippen molar-refractivity contribution in [3.63, 3.8) is 0 Å². The second-order valence-electron chi connectivity index (χ2n) is 13.9. The number of hydrogen-bond acceptors (Lipinski definition) is 3. The highest BCUT2D eigenvalue weighted by atomic mass is 16.5. The lowest BCUT2D eigenvalue weighted by Gasteiger charge is -2.09. The number of nitrogens with zero attached hydrogens (tertiary/aromatic N) is 14. The van der Waals surface area contributed by atoms with E-state index in [0.717, 1.165) is 57.1 Å². The van der Waals surface area contributed by atoms with Crippen LogP contribution < -0.4 is 13.9 Å². The molecule has 15 nitrogen and oxygen atoms in total. The van der Waals surface area contributed by atoms with E-state index in [4.69, 9.17) is 4.74 Å². The smallest absolute Gasteiger partial charge is 0.443 e. The second-order valence-corrected chi connectivity index (χ2v) is 13.9. The molecular weight excluding hydrogens is 717 g/mol. The zero-order valence-corrected chi connectivity index (χ0v) is 32.1. The van der Waals surface area contributed by atoms with Crippen LogP contribution in [-0.4, -0.2) is 134 Å². The van der Waals surface area contributed by atoms with Crippen LogP contribution in [0.15, 0.2) is 111 Å². The van der Waals surface area contributed by atoms with Crippen LogP contribution in [0.5, 0.6) is 11.5 Å². The van der Waals surface area contributed by atoms with E-state index in [9.17, 15) is 0 Å². The summed E-state index contributed by atoms with van der Waals surface area (Å²) >= 11 is 0. The summed E-state index contributed by atoms with van der Waals surface area (Å²) in [6, 6.07) is 36.7. The van der Waals surface area contributed by atoms with Crippen LogP contribution in [0.1, 0.15) is 0 Å². The molecule has 10 rings (SSSR count). The quantitative estimate of drug-likeness (QED) is 0.247. The molecule has 0 bridgehead atoms. The van der Waals surface area contributed by atoms with Gasteiger partial charge in [-0.25, -0.2) is 0 Å². The van der Waals surface area contributed by atoms with Crippen molar-refractivity contribution < 1.29 is 50.5 Å². The fraction of sp³-hybridized carbons (Fsp3) is 0.143. The fourth-order valence-corrected chi connectivity index (χ4v) is 7.16. The molecule has 6 aliphatic rings. The number of fused-ring (bicyclic) bond motifs is 2. The molecule has 268 valence electrons. The molecular formula is C42H36N14O+12. The van der Waals surface area contributed by atoms with Gasteiger partial charge in [0.2, 0.25) is 36.3 Å². The predicted octanol–water partition coefficient (Wildman–Crippen LogP) is 4.64. The first kappa shape index (κ1) is 33.4. The molecule has 0 spiro atoms.